The van der Waals surface area contributed by atoms with E-state index in [2.05, 4.69) is 5.32 Å². The summed E-state index contributed by atoms with van der Waals surface area (Å²) in [4.78, 5) is 41.6. The summed E-state index contributed by atoms with van der Waals surface area (Å²) in [7, 11) is 0. The molecule has 0 aliphatic carbocycles. The van der Waals surface area contributed by atoms with Crippen molar-refractivity contribution in [2.45, 2.75) is 26.3 Å². The molecule has 26 heavy (non-hydrogen) atoms. The zero-order valence-corrected chi connectivity index (χ0v) is 15.7. The smallest absolute Gasteiger partial charge is 0.261 e. The Hall–Kier alpha value is -2.41. The lowest BCUT2D eigenvalue weighted by Crippen LogP contribution is -2.57. The third-order valence-corrected chi connectivity index (χ3v) is 6.51. The molecule has 1 N–H and O–H groups in total. The van der Waals surface area contributed by atoms with E-state index in [9.17, 15) is 14.4 Å². The van der Waals surface area contributed by atoms with Crippen LogP contribution in [0.1, 0.15) is 39.4 Å². The number of nitrogens with one attached hydrogen (secondary N) is 1. The Labute approximate surface area is 155 Å². The second-order valence-corrected chi connectivity index (χ2v) is 7.77. The van der Waals surface area contributed by atoms with Crippen LogP contribution in [0.4, 0.5) is 0 Å². The standard InChI is InChI=1S/C19H21N3O3S/c1-3-21-8-9-22(11(2)18(21)24)19(25)12-4-5-15-14(10-12)13-6-7-20-17(23)16(13)26-15/h4-5,10-11H,3,6-9H2,1-2H3,(H,20,23)/t11-/m1/s1. The lowest BCUT2D eigenvalue weighted by molar-refractivity contribution is -0.139. The van der Waals surface area contributed by atoms with Crippen LogP contribution in [0.2, 0.25) is 0 Å². The van der Waals surface area contributed by atoms with Gasteiger partial charge in [-0.2, -0.15) is 0 Å². The van der Waals surface area contributed by atoms with Gasteiger partial charge in [0, 0.05) is 36.4 Å². The fraction of sp³-hybridized carbons (Fsp3) is 0.421. The summed E-state index contributed by atoms with van der Waals surface area (Å²) in [5.41, 5.74) is 1.61. The number of benzene rings is 1. The number of carbonyl (C=O) groups excluding carboxylic acids is 3. The molecule has 2 aliphatic rings. The Morgan fingerprint density at radius 2 is 2.12 bits per heavy atom. The van der Waals surface area contributed by atoms with Crippen molar-refractivity contribution in [3.05, 3.63) is 34.2 Å². The molecule has 1 aromatic heterocycles. The molecule has 7 heteroatoms. The summed E-state index contributed by atoms with van der Waals surface area (Å²) in [6.07, 6.45) is 0.781. The van der Waals surface area contributed by atoms with Crippen LogP contribution in [0.3, 0.4) is 0 Å². The van der Waals surface area contributed by atoms with Crippen LogP contribution in [-0.2, 0) is 11.2 Å². The number of carbonyl (C=O) groups is 3. The molecule has 2 aromatic rings. The maximum absolute atomic E-state index is 13.0. The van der Waals surface area contributed by atoms with Crippen molar-refractivity contribution in [2.75, 3.05) is 26.2 Å². The fourth-order valence-corrected chi connectivity index (χ4v) is 4.93. The molecule has 4 rings (SSSR count). The first-order valence-electron chi connectivity index (χ1n) is 8.94. The van der Waals surface area contributed by atoms with Crippen molar-refractivity contribution in [1.29, 1.82) is 0 Å². The molecule has 2 aliphatic heterocycles. The number of amides is 3. The summed E-state index contributed by atoms with van der Waals surface area (Å²) in [6.45, 7) is 6.15. The molecule has 0 spiro atoms. The molecule has 0 saturated carbocycles. The van der Waals surface area contributed by atoms with E-state index in [-0.39, 0.29) is 17.7 Å². The summed E-state index contributed by atoms with van der Waals surface area (Å²) in [6, 6.07) is 5.14. The van der Waals surface area contributed by atoms with Crippen molar-refractivity contribution in [2.24, 2.45) is 0 Å². The highest BCUT2D eigenvalue weighted by molar-refractivity contribution is 7.21. The third kappa shape index (κ3) is 2.58. The lowest BCUT2D eigenvalue weighted by Gasteiger charge is -2.38. The number of hydrogen-bond acceptors (Lipinski definition) is 4. The molecule has 0 unspecified atom stereocenters. The average Bonchev–Trinajstić information content (AvgIpc) is 3.03. The molecule has 136 valence electrons. The first-order valence-corrected chi connectivity index (χ1v) is 9.76. The topological polar surface area (TPSA) is 69.7 Å². The molecule has 1 aromatic carbocycles. The first kappa shape index (κ1) is 17.0. The van der Waals surface area contributed by atoms with E-state index >= 15 is 0 Å². The van der Waals surface area contributed by atoms with Crippen LogP contribution in [-0.4, -0.2) is 59.7 Å². The van der Waals surface area contributed by atoms with Crippen LogP contribution < -0.4 is 5.32 Å². The molecule has 3 heterocycles. The number of piperazine rings is 1. The van der Waals surface area contributed by atoms with E-state index in [1.54, 1.807) is 22.8 Å². The number of nitrogens with zero attached hydrogens (tertiary/aromatic N) is 2. The van der Waals surface area contributed by atoms with Gasteiger partial charge in [-0.25, -0.2) is 0 Å². The summed E-state index contributed by atoms with van der Waals surface area (Å²) in [5, 5.41) is 3.85. The maximum atomic E-state index is 13.0. The van der Waals surface area contributed by atoms with Gasteiger partial charge in [-0.15, -0.1) is 11.3 Å². The van der Waals surface area contributed by atoms with Gasteiger partial charge in [-0.05, 0) is 49.4 Å². The summed E-state index contributed by atoms with van der Waals surface area (Å²) >= 11 is 1.47. The van der Waals surface area contributed by atoms with E-state index < -0.39 is 6.04 Å². The minimum Gasteiger partial charge on any atom is -0.351 e. The van der Waals surface area contributed by atoms with Gasteiger partial charge in [0.15, 0.2) is 0 Å². The largest absolute Gasteiger partial charge is 0.351 e. The van der Waals surface area contributed by atoms with Gasteiger partial charge < -0.3 is 15.1 Å². The Bertz CT molecular complexity index is 920. The SMILES string of the molecule is CCN1CCN(C(=O)c2ccc3sc4c(c3c2)CCNC4=O)[C@H](C)C1=O. The Morgan fingerprint density at radius 3 is 2.88 bits per heavy atom. The van der Waals surface area contributed by atoms with Crippen LogP contribution in [0, 0.1) is 0 Å². The van der Waals surface area contributed by atoms with Crippen molar-refractivity contribution in [1.82, 2.24) is 15.1 Å². The molecule has 6 nitrogen and oxygen atoms in total. The van der Waals surface area contributed by atoms with Crippen LogP contribution in [0.5, 0.6) is 0 Å². The van der Waals surface area contributed by atoms with E-state index in [1.165, 1.54) is 11.3 Å². The zero-order valence-electron chi connectivity index (χ0n) is 14.9. The second-order valence-electron chi connectivity index (χ2n) is 6.72. The Morgan fingerprint density at radius 1 is 1.31 bits per heavy atom. The van der Waals surface area contributed by atoms with Crippen LogP contribution >= 0.6 is 11.3 Å². The van der Waals surface area contributed by atoms with E-state index in [0.29, 0.717) is 31.7 Å². The predicted octanol–water partition coefficient (Wildman–Crippen LogP) is 1.88. The third-order valence-electron chi connectivity index (χ3n) is 5.29. The van der Waals surface area contributed by atoms with Crippen molar-refractivity contribution in [3.63, 3.8) is 0 Å². The molecule has 0 bridgehead atoms. The van der Waals surface area contributed by atoms with Gasteiger partial charge in [0.2, 0.25) is 5.91 Å². The minimum absolute atomic E-state index is 0.00207. The predicted molar refractivity (Wildman–Crippen MR) is 101 cm³/mol. The fourth-order valence-electron chi connectivity index (χ4n) is 3.78. The Kier molecular flexibility index (Phi) is 4.19. The van der Waals surface area contributed by atoms with Crippen LogP contribution in [0.15, 0.2) is 18.2 Å². The van der Waals surface area contributed by atoms with Gasteiger partial charge in [0.05, 0.1) is 4.88 Å². The van der Waals surface area contributed by atoms with Gasteiger partial charge in [-0.1, -0.05) is 0 Å². The number of hydrogen-bond donors (Lipinski definition) is 1. The van der Waals surface area contributed by atoms with Crippen LogP contribution in [0.25, 0.3) is 10.1 Å². The molecular formula is C19H21N3O3S. The maximum Gasteiger partial charge on any atom is 0.261 e. The van der Waals surface area contributed by atoms with Gasteiger partial charge in [0.1, 0.15) is 6.04 Å². The molecular weight excluding hydrogens is 350 g/mol. The Balaban J connectivity index is 1.67. The normalized spacial score (nSPS) is 20.3. The number of likely N-dealkylation sites (N-methyl/N-ethyl adjacent to an activating group) is 1. The molecule has 1 fully saturated rings. The minimum atomic E-state index is -0.450. The van der Waals surface area contributed by atoms with Crippen molar-refractivity contribution in [3.8, 4) is 0 Å². The number of rotatable bonds is 2. The van der Waals surface area contributed by atoms with Gasteiger partial charge in [-0.3, -0.25) is 14.4 Å². The van der Waals surface area contributed by atoms with Gasteiger partial charge >= 0.3 is 0 Å². The van der Waals surface area contributed by atoms with Gasteiger partial charge in [0.25, 0.3) is 11.8 Å². The van der Waals surface area contributed by atoms with E-state index in [1.807, 2.05) is 19.1 Å². The summed E-state index contributed by atoms with van der Waals surface area (Å²) < 4.78 is 1.02. The molecule has 1 atom stereocenters. The number of thiophene rings is 1. The highest BCUT2D eigenvalue weighted by atomic mass is 32.1. The molecule has 0 radical (unpaired) electrons. The highest BCUT2D eigenvalue weighted by Crippen LogP contribution is 2.34. The van der Waals surface area contributed by atoms with Crippen molar-refractivity contribution >= 4 is 39.1 Å². The first-order chi connectivity index (χ1) is 12.5. The average molecular weight is 371 g/mol. The number of fused-ring (bicyclic) bond motifs is 3. The molecule has 3 amide bonds. The second kappa shape index (κ2) is 6.39. The summed E-state index contributed by atoms with van der Waals surface area (Å²) in [5.74, 6) is -0.156. The lowest BCUT2D eigenvalue weighted by atomic mass is 10.0. The monoisotopic (exact) mass is 371 g/mol. The van der Waals surface area contributed by atoms with E-state index in [4.69, 9.17) is 0 Å². The van der Waals surface area contributed by atoms with Crippen molar-refractivity contribution < 1.29 is 14.4 Å². The zero-order chi connectivity index (χ0) is 18.4. The highest BCUT2D eigenvalue weighted by Gasteiger charge is 2.34. The van der Waals surface area contributed by atoms with E-state index in [0.717, 1.165) is 26.9 Å². The molecule has 1 saturated heterocycles. The quantitative estimate of drug-likeness (QED) is 0.876.